The lowest BCUT2D eigenvalue weighted by Crippen LogP contribution is -2.30. The summed E-state index contributed by atoms with van der Waals surface area (Å²) in [6.45, 7) is 5.39. The SMILES string of the molecule is CC(C)CCN(C)c1ccc(-c2noc(-c3cccc(C(=O)NS(=O)(=O)c4ccccc4)c3)n2)cc1NC1C=CCCC1. The van der Waals surface area contributed by atoms with Gasteiger partial charge in [0.15, 0.2) is 0 Å². The first-order chi connectivity index (χ1) is 20.7. The molecule has 3 aromatic carbocycles. The third-order valence-electron chi connectivity index (χ3n) is 7.38. The third kappa shape index (κ3) is 7.50. The van der Waals surface area contributed by atoms with Gasteiger partial charge in [0.25, 0.3) is 21.8 Å². The van der Waals surface area contributed by atoms with Crippen LogP contribution in [0.15, 0.2) is 94.4 Å². The highest BCUT2D eigenvalue weighted by molar-refractivity contribution is 7.90. The molecule has 5 rings (SSSR count). The molecule has 0 radical (unpaired) electrons. The highest BCUT2D eigenvalue weighted by Gasteiger charge is 2.21. The number of allylic oxidation sites excluding steroid dienone is 1. The Morgan fingerprint density at radius 1 is 1.05 bits per heavy atom. The van der Waals surface area contributed by atoms with E-state index in [1.165, 1.54) is 24.3 Å². The molecule has 1 unspecified atom stereocenters. The first kappa shape index (κ1) is 30.0. The molecular formula is C33H37N5O4S. The lowest BCUT2D eigenvalue weighted by atomic mass is 10.0. The summed E-state index contributed by atoms with van der Waals surface area (Å²) in [5.74, 6) is 0.485. The maximum absolute atomic E-state index is 12.8. The molecule has 10 heteroatoms. The van der Waals surface area contributed by atoms with Crippen LogP contribution in [0.3, 0.4) is 0 Å². The summed E-state index contributed by atoms with van der Waals surface area (Å²) in [6.07, 6.45) is 8.87. The number of sulfonamides is 1. The molecule has 4 aromatic rings. The summed E-state index contributed by atoms with van der Waals surface area (Å²) in [7, 11) is -1.90. The fourth-order valence-electron chi connectivity index (χ4n) is 4.92. The second kappa shape index (κ2) is 13.2. The first-order valence-electron chi connectivity index (χ1n) is 14.5. The zero-order valence-electron chi connectivity index (χ0n) is 24.7. The molecule has 1 atom stereocenters. The molecule has 0 fully saturated rings. The van der Waals surface area contributed by atoms with Crippen molar-refractivity contribution in [2.24, 2.45) is 5.92 Å². The second-order valence-electron chi connectivity index (χ2n) is 11.2. The van der Waals surface area contributed by atoms with Gasteiger partial charge in [-0.15, -0.1) is 0 Å². The van der Waals surface area contributed by atoms with Crippen molar-refractivity contribution in [3.05, 3.63) is 90.5 Å². The van der Waals surface area contributed by atoms with Crippen molar-refractivity contribution in [3.8, 4) is 22.8 Å². The number of nitrogens with zero attached hydrogens (tertiary/aromatic N) is 3. The van der Waals surface area contributed by atoms with Gasteiger partial charge in [0.05, 0.1) is 16.3 Å². The molecule has 0 saturated heterocycles. The zero-order chi connectivity index (χ0) is 30.4. The van der Waals surface area contributed by atoms with Gasteiger partial charge in [0.2, 0.25) is 5.82 Å². The zero-order valence-corrected chi connectivity index (χ0v) is 25.5. The maximum atomic E-state index is 12.8. The Morgan fingerprint density at radius 2 is 1.86 bits per heavy atom. The first-order valence-corrected chi connectivity index (χ1v) is 16.0. The maximum Gasteiger partial charge on any atom is 0.265 e. The Labute approximate surface area is 253 Å². The van der Waals surface area contributed by atoms with Crippen LogP contribution >= 0.6 is 0 Å². The Kier molecular flexibility index (Phi) is 9.25. The van der Waals surface area contributed by atoms with E-state index < -0.39 is 15.9 Å². The lowest BCUT2D eigenvalue weighted by Gasteiger charge is -2.27. The van der Waals surface area contributed by atoms with Gasteiger partial charge < -0.3 is 14.7 Å². The number of hydrogen-bond acceptors (Lipinski definition) is 8. The van der Waals surface area contributed by atoms with E-state index in [9.17, 15) is 13.2 Å². The van der Waals surface area contributed by atoms with Gasteiger partial charge >= 0.3 is 0 Å². The van der Waals surface area contributed by atoms with Crippen LogP contribution in [-0.4, -0.2) is 44.1 Å². The molecule has 0 spiro atoms. The minimum atomic E-state index is -4.01. The average molecular weight is 600 g/mol. The largest absolute Gasteiger partial charge is 0.377 e. The summed E-state index contributed by atoms with van der Waals surface area (Å²) >= 11 is 0. The van der Waals surface area contributed by atoms with Gasteiger partial charge in [0.1, 0.15) is 0 Å². The summed E-state index contributed by atoms with van der Waals surface area (Å²) in [6, 6.07) is 20.5. The number of nitrogens with one attached hydrogen (secondary N) is 2. The number of benzene rings is 3. The highest BCUT2D eigenvalue weighted by Crippen LogP contribution is 2.33. The van der Waals surface area contributed by atoms with Crippen LogP contribution in [0.4, 0.5) is 11.4 Å². The van der Waals surface area contributed by atoms with Crippen LogP contribution in [0.25, 0.3) is 22.8 Å². The van der Waals surface area contributed by atoms with E-state index in [-0.39, 0.29) is 22.4 Å². The van der Waals surface area contributed by atoms with Crippen molar-refractivity contribution in [1.82, 2.24) is 14.9 Å². The molecule has 2 N–H and O–H groups in total. The van der Waals surface area contributed by atoms with Crippen molar-refractivity contribution in [2.45, 2.75) is 50.5 Å². The van der Waals surface area contributed by atoms with Crippen LogP contribution in [0, 0.1) is 5.92 Å². The molecule has 1 aromatic heterocycles. The van der Waals surface area contributed by atoms with Gasteiger partial charge in [-0.3, -0.25) is 4.79 Å². The summed E-state index contributed by atoms with van der Waals surface area (Å²) in [4.78, 5) is 19.7. The van der Waals surface area contributed by atoms with Gasteiger partial charge in [0, 0.05) is 36.3 Å². The molecule has 43 heavy (non-hydrogen) atoms. The number of anilines is 2. The number of aromatic nitrogens is 2. The molecule has 9 nitrogen and oxygen atoms in total. The number of carbonyl (C=O) groups is 1. The molecule has 1 aliphatic carbocycles. The normalized spacial score (nSPS) is 14.9. The molecular weight excluding hydrogens is 562 g/mol. The van der Waals surface area contributed by atoms with E-state index in [2.05, 4.69) is 70.3 Å². The van der Waals surface area contributed by atoms with Crippen molar-refractivity contribution in [1.29, 1.82) is 0 Å². The van der Waals surface area contributed by atoms with E-state index in [0.717, 1.165) is 49.2 Å². The van der Waals surface area contributed by atoms with Crippen LogP contribution in [0.1, 0.15) is 49.9 Å². The van der Waals surface area contributed by atoms with Crippen LogP contribution in [0.5, 0.6) is 0 Å². The second-order valence-corrected chi connectivity index (χ2v) is 12.9. The Balaban J connectivity index is 1.38. The molecule has 0 bridgehead atoms. The minimum absolute atomic E-state index is 0.00606. The number of rotatable bonds is 11. The summed E-state index contributed by atoms with van der Waals surface area (Å²) in [5.41, 5.74) is 3.55. The number of hydrogen-bond donors (Lipinski definition) is 2. The van der Waals surface area contributed by atoms with Crippen molar-refractivity contribution >= 4 is 27.3 Å². The van der Waals surface area contributed by atoms with Crippen LogP contribution in [0.2, 0.25) is 0 Å². The smallest absolute Gasteiger partial charge is 0.265 e. The molecule has 0 saturated carbocycles. The van der Waals surface area contributed by atoms with Crippen molar-refractivity contribution in [2.75, 3.05) is 23.8 Å². The summed E-state index contributed by atoms with van der Waals surface area (Å²) < 4.78 is 33.0. The van der Waals surface area contributed by atoms with Crippen molar-refractivity contribution < 1.29 is 17.7 Å². The van der Waals surface area contributed by atoms with E-state index in [1.54, 1.807) is 30.3 Å². The molecule has 1 aliphatic rings. The third-order valence-corrected chi connectivity index (χ3v) is 8.73. The van der Waals surface area contributed by atoms with E-state index in [1.807, 2.05) is 6.07 Å². The number of amides is 1. The molecule has 224 valence electrons. The lowest BCUT2D eigenvalue weighted by molar-refractivity contribution is 0.0981. The fraction of sp³-hybridized carbons (Fsp3) is 0.303. The van der Waals surface area contributed by atoms with E-state index in [4.69, 9.17) is 4.52 Å². The predicted molar refractivity (Wildman–Crippen MR) is 169 cm³/mol. The van der Waals surface area contributed by atoms with Crippen LogP contribution < -0.4 is 14.9 Å². The Morgan fingerprint density at radius 3 is 2.60 bits per heavy atom. The number of carbonyl (C=O) groups excluding carboxylic acids is 1. The minimum Gasteiger partial charge on any atom is -0.377 e. The van der Waals surface area contributed by atoms with Gasteiger partial charge in [-0.2, -0.15) is 4.98 Å². The van der Waals surface area contributed by atoms with Gasteiger partial charge in [-0.1, -0.05) is 55.4 Å². The molecule has 0 aliphatic heterocycles. The average Bonchev–Trinajstić information content (AvgIpc) is 3.51. The monoisotopic (exact) mass is 599 g/mol. The molecule has 1 heterocycles. The molecule has 1 amide bonds. The van der Waals surface area contributed by atoms with E-state index in [0.29, 0.717) is 17.3 Å². The highest BCUT2D eigenvalue weighted by atomic mass is 32.2. The quantitative estimate of drug-likeness (QED) is 0.187. The van der Waals surface area contributed by atoms with Crippen molar-refractivity contribution in [3.63, 3.8) is 0 Å². The Bertz CT molecular complexity index is 1700. The topological polar surface area (TPSA) is 117 Å². The standard InChI is InChI=1S/C33H37N5O4S/c1-23(2)19-20-38(3)30-18-17-24(22-29(30)34-27-13-6-4-7-14-27)31-35-33(42-36-31)26-12-10-11-25(21-26)32(39)37-43(40,41)28-15-8-5-9-16-28/h5-6,8-13,15-18,21-23,27,34H,4,7,14,19-20H2,1-3H3,(H,37,39). The fourth-order valence-corrected chi connectivity index (χ4v) is 5.91. The predicted octanol–water partition coefficient (Wildman–Crippen LogP) is 6.53. The van der Waals surface area contributed by atoms with Gasteiger partial charge in [-0.25, -0.2) is 13.1 Å². The van der Waals surface area contributed by atoms with Gasteiger partial charge in [-0.05, 0) is 80.1 Å². The van der Waals surface area contributed by atoms with Crippen LogP contribution in [-0.2, 0) is 10.0 Å². The Hall–Kier alpha value is -4.44. The summed E-state index contributed by atoms with van der Waals surface area (Å²) in [5, 5.41) is 7.93. The van der Waals surface area contributed by atoms with E-state index >= 15 is 0 Å².